The van der Waals surface area contributed by atoms with Crippen LogP contribution in [0, 0.1) is 5.92 Å². The van der Waals surface area contributed by atoms with Gasteiger partial charge in [0.1, 0.15) is 6.10 Å². The van der Waals surface area contributed by atoms with Gasteiger partial charge in [-0.3, -0.25) is 4.68 Å². The van der Waals surface area contributed by atoms with Crippen LogP contribution in [0.4, 0.5) is 0 Å². The number of aromatic nitrogens is 2. The smallest absolute Gasteiger partial charge is 0.101 e. The molecule has 18 heavy (non-hydrogen) atoms. The standard InChI is InChI=1S/C13H23N3O2/c1-3-12(14)13(11-6-15-16(2)7-11)18-9-10-4-5-17-8-10/h6-7,10,12-13H,3-5,8-9,14H2,1-2H3. The van der Waals surface area contributed by atoms with Crippen molar-refractivity contribution >= 4 is 0 Å². The zero-order chi connectivity index (χ0) is 13.0. The molecule has 102 valence electrons. The molecule has 3 atom stereocenters. The van der Waals surface area contributed by atoms with Crippen molar-refractivity contribution in [1.29, 1.82) is 0 Å². The van der Waals surface area contributed by atoms with E-state index in [1.807, 2.05) is 19.4 Å². The molecular formula is C13H23N3O2. The van der Waals surface area contributed by atoms with Crippen LogP contribution in [0.25, 0.3) is 0 Å². The minimum absolute atomic E-state index is 0.0107. The van der Waals surface area contributed by atoms with E-state index in [4.69, 9.17) is 15.2 Å². The van der Waals surface area contributed by atoms with E-state index in [0.29, 0.717) is 12.5 Å². The molecule has 2 heterocycles. The van der Waals surface area contributed by atoms with E-state index in [1.165, 1.54) is 0 Å². The van der Waals surface area contributed by atoms with Crippen molar-refractivity contribution in [3.8, 4) is 0 Å². The minimum Gasteiger partial charge on any atom is -0.381 e. The van der Waals surface area contributed by atoms with Crippen LogP contribution in [0.2, 0.25) is 0 Å². The van der Waals surface area contributed by atoms with Crippen LogP contribution in [-0.4, -0.2) is 35.6 Å². The lowest BCUT2D eigenvalue weighted by Gasteiger charge is -2.23. The highest BCUT2D eigenvalue weighted by molar-refractivity contribution is 5.10. The zero-order valence-electron chi connectivity index (χ0n) is 11.2. The first-order valence-corrected chi connectivity index (χ1v) is 6.64. The molecule has 3 unspecified atom stereocenters. The van der Waals surface area contributed by atoms with E-state index in [-0.39, 0.29) is 12.1 Å². The van der Waals surface area contributed by atoms with Gasteiger partial charge in [-0.15, -0.1) is 0 Å². The fourth-order valence-electron chi connectivity index (χ4n) is 2.22. The van der Waals surface area contributed by atoms with Gasteiger partial charge in [-0.2, -0.15) is 5.10 Å². The predicted molar refractivity (Wildman–Crippen MR) is 69.1 cm³/mol. The second-order valence-electron chi connectivity index (χ2n) is 5.00. The van der Waals surface area contributed by atoms with Gasteiger partial charge >= 0.3 is 0 Å². The molecule has 1 fully saturated rings. The summed E-state index contributed by atoms with van der Waals surface area (Å²) in [5, 5.41) is 4.19. The molecular weight excluding hydrogens is 230 g/mol. The molecule has 1 aromatic rings. The SMILES string of the molecule is CCC(N)C(OCC1CCOC1)c1cnn(C)c1. The summed E-state index contributed by atoms with van der Waals surface area (Å²) in [4.78, 5) is 0. The predicted octanol–water partition coefficient (Wildman–Crippen LogP) is 1.25. The van der Waals surface area contributed by atoms with Crippen LogP contribution in [0.1, 0.15) is 31.4 Å². The van der Waals surface area contributed by atoms with Gasteiger partial charge in [-0.05, 0) is 12.8 Å². The number of ether oxygens (including phenoxy) is 2. The largest absolute Gasteiger partial charge is 0.381 e. The fourth-order valence-corrected chi connectivity index (χ4v) is 2.22. The number of nitrogens with two attached hydrogens (primary N) is 1. The maximum Gasteiger partial charge on any atom is 0.101 e. The monoisotopic (exact) mass is 253 g/mol. The van der Waals surface area contributed by atoms with E-state index < -0.39 is 0 Å². The quantitative estimate of drug-likeness (QED) is 0.829. The Kier molecular flexibility index (Phi) is 4.74. The van der Waals surface area contributed by atoms with E-state index in [9.17, 15) is 0 Å². The molecule has 0 saturated carbocycles. The summed E-state index contributed by atoms with van der Waals surface area (Å²) in [6.07, 6.45) is 5.72. The second kappa shape index (κ2) is 6.31. The molecule has 5 heteroatoms. The third-order valence-corrected chi connectivity index (χ3v) is 3.45. The van der Waals surface area contributed by atoms with Crippen molar-refractivity contribution < 1.29 is 9.47 Å². The van der Waals surface area contributed by atoms with Gasteiger partial charge < -0.3 is 15.2 Å². The number of aryl methyl sites for hydroxylation is 1. The van der Waals surface area contributed by atoms with Crippen molar-refractivity contribution in [2.75, 3.05) is 19.8 Å². The van der Waals surface area contributed by atoms with E-state index in [0.717, 1.165) is 31.6 Å². The Morgan fingerprint density at radius 3 is 3.06 bits per heavy atom. The molecule has 0 radical (unpaired) electrons. The summed E-state index contributed by atoms with van der Waals surface area (Å²) in [6, 6.07) is 0.0107. The summed E-state index contributed by atoms with van der Waals surface area (Å²) in [5.41, 5.74) is 7.21. The molecule has 1 aromatic heterocycles. The highest BCUT2D eigenvalue weighted by Gasteiger charge is 2.24. The molecule has 2 rings (SSSR count). The fraction of sp³-hybridized carbons (Fsp3) is 0.769. The van der Waals surface area contributed by atoms with Crippen LogP contribution in [0.3, 0.4) is 0 Å². The van der Waals surface area contributed by atoms with E-state index in [1.54, 1.807) is 4.68 Å². The summed E-state index contributed by atoms with van der Waals surface area (Å²) in [5.74, 6) is 0.508. The Balaban J connectivity index is 1.96. The van der Waals surface area contributed by atoms with Gasteiger partial charge in [0.25, 0.3) is 0 Å². The van der Waals surface area contributed by atoms with Crippen molar-refractivity contribution in [2.24, 2.45) is 18.7 Å². The van der Waals surface area contributed by atoms with Crippen molar-refractivity contribution in [1.82, 2.24) is 9.78 Å². The van der Waals surface area contributed by atoms with Crippen molar-refractivity contribution in [2.45, 2.75) is 31.9 Å². The van der Waals surface area contributed by atoms with Gasteiger partial charge in [0.05, 0.1) is 19.4 Å². The average Bonchev–Trinajstić information content (AvgIpc) is 3.01. The molecule has 1 aliphatic heterocycles. The lowest BCUT2D eigenvalue weighted by molar-refractivity contribution is 0.00944. The first-order chi connectivity index (χ1) is 8.70. The van der Waals surface area contributed by atoms with Crippen molar-refractivity contribution in [3.63, 3.8) is 0 Å². The molecule has 1 aliphatic rings. The minimum atomic E-state index is -0.0655. The topological polar surface area (TPSA) is 62.3 Å². The third-order valence-electron chi connectivity index (χ3n) is 3.45. The molecule has 2 N–H and O–H groups in total. The Labute approximate surface area is 108 Å². The average molecular weight is 253 g/mol. The van der Waals surface area contributed by atoms with Gasteiger partial charge in [-0.1, -0.05) is 6.92 Å². The summed E-state index contributed by atoms with van der Waals surface area (Å²) >= 11 is 0. The van der Waals surface area contributed by atoms with Gasteiger partial charge in [-0.25, -0.2) is 0 Å². The molecule has 0 aliphatic carbocycles. The number of nitrogens with zero attached hydrogens (tertiary/aromatic N) is 2. The van der Waals surface area contributed by atoms with Crippen molar-refractivity contribution in [3.05, 3.63) is 18.0 Å². The highest BCUT2D eigenvalue weighted by Crippen LogP contribution is 2.24. The Hall–Kier alpha value is -0.910. The lowest BCUT2D eigenvalue weighted by atomic mass is 10.0. The highest BCUT2D eigenvalue weighted by atomic mass is 16.5. The number of rotatable bonds is 6. The number of hydrogen-bond donors (Lipinski definition) is 1. The molecule has 0 amide bonds. The Morgan fingerprint density at radius 1 is 1.67 bits per heavy atom. The molecule has 0 bridgehead atoms. The van der Waals surface area contributed by atoms with Crippen LogP contribution in [0.5, 0.6) is 0 Å². The Bertz CT molecular complexity index is 361. The molecule has 5 nitrogen and oxygen atoms in total. The first kappa shape index (κ1) is 13.5. The normalized spacial score (nSPS) is 23.2. The Morgan fingerprint density at radius 2 is 2.50 bits per heavy atom. The second-order valence-corrected chi connectivity index (χ2v) is 5.00. The lowest BCUT2D eigenvalue weighted by Crippen LogP contribution is -2.30. The number of hydrogen-bond acceptors (Lipinski definition) is 4. The summed E-state index contributed by atoms with van der Waals surface area (Å²) in [7, 11) is 1.91. The van der Waals surface area contributed by atoms with Crippen LogP contribution in [-0.2, 0) is 16.5 Å². The van der Waals surface area contributed by atoms with Gasteiger partial charge in [0, 0.05) is 37.4 Å². The van der Waals surface area contributed by atoms with E-state index >= 15 is 0 Å². The first-order valence-electron chi connectivity index (χ1n) is 6.64. The van der Waals surface area contributed by atoms with Crippen LogP contribution < -0.4 is 5.73 Å². The van der Waals surface area contributed by atoms with E-state index in [2.05, 4.69) is 12.0 Å². The van der Waals surface area contributed by atoms with Gasteiger partial charge in [0.15, 0.2) is 0 Å². The molecule has 0 spiro atoms. The van der Waals surface area contributed by atoms with Crippen LogP contribution >= 0.6 is 0 Å². The van der Waals surface area contributed by atoms with Crippen LogP contribution in [0.15, 0.2) is 12.4 Å². The molecule has 1 saturated heterocycles. The summed E-state index contributed by atoms with van der Waals surface area (Å²) in [6.45, 7) is 4.45. The summed E-state index contributed by atoms with van der Waals surface area (Å²) < 4.78 is 13.2. The molecule has 0 aromatic carbocycles. The zero-order valence-corrected chi connectivity index (χ0v) is 11.2. The maximum absolute atomic E-state index is 6.15. The third kappa shape index (κ3) is 3.31. The van der Waals surface area contributed by atoms with Gasteiger partial charge in [0.2, 0.25) is 0 Å². The maximum atomic E-state index is 6.15.